The Kier molecular flexibility index (Phi) is 5.90. The second-order valence-corrected chi connectivity index (χ2v) is 7.88. The van der Waals surface area contributed by atoms with Gasteiger partial charge < -0.3 is 9.84 Å². The van der Waals surface area contributed by atoms with E-state index >= 15 is 0 Å². The van der Waals surface area contributed by atoms with Crippen LogP contribution in [0.3, 0.4) is 0 Å². The van der Waals surface area contributed by atoms with Crippen molar-refractivity contribution in [1.82, 2.24) is 15.0 Å². The number of amides is 1. The van der Waals surface area contributed by atoms with Crippen molar-refractivity contribution in [3.8, 4) is 11.4 Å². The number of anilines is 1. The minimum absolute atomic E-state index is 0.0311. The molecule has 156 valence electrons. The van der Waals surface area contributed by atoms with Crippen molar-refractivity contribution in [3.05, 3.63) is 65.3 Å². The van der Waals surface area contributed by atoms with Crippen molar-refractivity contribution < 1.29 is 13.7 Å². The van der Waals surface area contributed by atoms with Crippen LogP contribution in [0.5, 0.6) is 0 Å². The first-order valence-electron chi connectivity index (χ1n) is 10.2. The lowest BCUT2D eigenvalue weighted by atomic mass is 9.98. The van der Waals surface area contributed by atoms with E-state index in [1.54, 1.807) is 12.1 Å². The lowest BCUT2D eigenvalue weighted by Crippen LogP contribution is -2.39. The molecule has 1 aliphatic heterocycles. The van der Waals surface area contributed by atoms with Crippen LogP contribution in [-0.4, -0.2) is 40.6 Å². The fourth-order valence-electron chi connectivity index (χ4n) is 3.74. The largest absolute Gasteiger partial charge is 0.339 e. The van der Waals surface area contributed by atoms with Crippen LogP contribution in [0.2, 0.25) is 0 Å². The molecule has 1 unspecified atom stereocenters. The van der Waals surface area contributed by atoms with Gasteiger partial charge in [-0.15, -0.1) is 0 Å². The van der Waals surface area contributed by atoms with E-state index in [1.165, 1.54) is 17.7 Å². The highest BCUT2D eigenvalue weighted by molar-refractivity contribution is 5.92. The third-order valence-electron chi connectivity index (χ3n) is 5.56. The van der Waals surface area contributed by atoms with Gasteiger partial charge in [-0.25, -0.2) is 4.39 Å². The number of aromatic nitrogens is 2. The molecule has 2 aromatic carbocycles. The quantitative estimate of drug-likeness (QED) is 0.681. The molecule has 6 nitrogen and oxygen atoms in total. The number of likely N-dealkylation sites (tertiary alicyclic amines) is 1. The van der Waals surface area contributed by atoms with Gasteiger partial charge in [-0.05, 0) is 80.8 Å². The molecule has 7 heteroatoms. The van der Waals surface area contributed by atoms with Gasteiger partial charge >= 0.3 is 0 Å². The second-order valence-electron chi connectivity index (χ2n) is 7.88. The van der Waals surface area contributed by atoms with Crippen molar-refractivity contribution in [2.75, 3.05) is 25.0 Å². The molecule has 4 rings (SSSR count). The van der Waals surface area contributed by atoms with Crippen molar-refractivity contribution >= 4 is 11.6 Å². The number of nitrogens with one attached hydrogen (secondary N) is 1. The van der Waals surface area contributed by atoms with Gasteiger partial charge in [0, 0.05) is 17.8 Å². The van der Waals surface area contributed by atoms with Gasteiger partial charge in [0.25, 0.3) is 0 Å². The van der Waals surface area contributed by atoms with Crippen molar-refractivity contribution in [3.63, 3.8) is 0 Å². The molecule has 2 heterocycles. The second kappa shape index (κ2) is 8.75. The SMILES string of the molecule is Cc1ccc(NC(=O)CN2CCCC(c3nc(-c4ccc(F)cc4)no3)C2)cc1C. The number of benzene rings is 2. The van der Waals surface area contributed by atoms with Gasteiger partial charge in [-0.1, -0.05) is 11.2 Å². The molecule has 30 heavy (non-hydrogen) atoms. The standard InChI is InChI=1S/C23H25FN4O2/c1-15-5-10-20(12-16(15)2)25-21(29)14-28-11-3-4-18(13-28)23-26-22(27-30-23)17-6-8-19(24)9-7-17/h5-10,12,18H,3-4,11,13-14H2,1-2H3,(H,25,29). The first kappa shape index (κ1) is 20.2. The van der Waals surface area contributed by atoms with E-state index in [4.69, 9.17) is 4.52 Å². The topological polar surface area (TPSA) is 71.3 Å². The normalized spacial score (nSPS) is 17.1. The Labute approximate surface area is 175 Å². The van der Waals surface area contributed by atoms with Crippen LogP contribution in [0, 0.1) is 19.7 Å². The third kappa shape index (κ3) is 4.74. The Bertz CT molecular complexity index is 1030. The maximum Gasteiger partial charge on any atom is 0.238 e. The minimum atomic E-state index is -0.301. The van der Waals surface area contributed by atoms with Crippen LogP contribution < -0.4 is 5.32 Å². The molecular weight excluding hydrogens is 383 g/mol. The molecule has 1 N–H and O–H groups in total. The van der Waals surface area contributed by atoms with Gasteiger partial charge in [0.1, 0.15) is 5.82 Å². The highest BCUT2D eigenvalue weighted by Crippen LogP contribution is 2.27. The van der Waals surface area contributed by atoms with E-state index in [9.17, 15) is 9.18 Å². The first-order chi connectivity index (χ1) is 14.5. The summed E-state index contributed by atoms with van der Waals surface area (Å²) in [6, 6.07) is 11.9. The molecule has 1 aromatic heterocycles. The van der Waals surface area contributed by atoms with Crippen LogP contribution in [0.1, 0.15) is 35.8 Å². The summed E-state index contributed by atoms with van der Waals surface area (Å²) in [6.45, 7) is 5.95. The molecule has 0 spiro atoms. The zero-order valence-corrected chi connectivity index (χ0v) is 17.2. The molecule has 0 bridgehead atoms. The van der Waals surface area contributed by atoms with Gasteiger partial charge in [0.15, 0.2) is 0 Å². The van der Waals surface area contributed by atoms with Crippen molar-refractivity contribution in [1.29, 1.82) is 0 Å². The van der Waals surface area contributed by atoms with E-state index < -0.39 is 0 Å². The molecule has 1 aliphatic rings. The van der Waals surface area contributed by atoms with E-state index in [0.29, 0.717) is 30.4 Å². The fourth-order valence-corrected chi connectivity index (χ4v) is 3.74. The molecule has 1 saturated heterocycles. The average molecular weight is 408 g/mol. The zero-order valence-electron chi connectivity index (χ0n) is 17.2. The maximum absolute atomic E-state index is 13.1. The number of hydrogen-bond acceptors (Lipinski definition) is 5. The summed E-state index contributed by atoms with van der Waals surface area (Å²) in [5.41, 5.74) is 3.88. The summed E-state index contributed by atoms with van der Waals surface area (Å²) < 4.78 is 18.6. The first-order valence-corrected chi connectivity index (χ1v) is 10.2. The predicted octanol–water partition coefficient (Wildman–Crippen LogP) is 4.31. The predicted molar refractivity (Wildman–Crippen MR) is 113 cm³/mol. The summed E-state index contributed by atoms with van der Waals surface area (Å²) >= 11 is 0. The molecule has 0 saturated carbocycles. The smallest absolute Gasteiger partial charge is 0.238 e. The van der Waals surface area contributed by atoms with E-state index in [1.807, 2.05) is 32.0 Å². The Hall–Kier alpha value is -3.06. The highest BCUT2D eigenvalue weighted by atomic mass is 19.1. The number of rotatable bonds is 5. The van der Waals surface area contributed by atoms with Crippen molar-refractivity contribution in [2.45, 2.75) is 32.6 Å². The average Bonchev–Trinajstić information content (AvgIpc) is 3.22. The monoisotopic (exact) mass is 408 g/mol. The lowest BCUT2D eigenvalue weighted by Gasteiger charge is -2.30. The van der Waals surface area contributed by atoms with Gasteiger partial charge in [0.2, 0.25) is 17.6 Å². The maximum atomic E-state index is 13.1. The molecule has 1 fully saturated rings. The Morgan fingerprint density at radius 1 is 1.20 bits per heavy atom. The molecule has 3 aromatic rings. The zero-order chi connectivity index (χ0) is 21.1. The van der Waals surface area contributed by atoms with Gasteiger partial charge in [-0.3, -0.25) is 9.69 Å². The number of nitrogens with zero attached hydrogens (tertiary/aromatic N) is 3. The Morgan fingerprint density at radius 2 is 2.00 bits per heavy atom. The van der Waals surface area contributed by atoms with Crippen LogP contribution >= 0.6 is 0 Å². The van der Waals surface area contributed by atoms with E-state index in [2.05, 4.69) is 20.4 Å². The van der Waals surface area contributed by atoms with Crippen LogP contribution in [0.15, 0.2) is 47.0 Å². The number of carbonyl (C=O) groups is 1. The number of aryl methyl sites for hydroxylation is 2. The summed E-state index contributed by atoms with van der Waals surface area (Å²) in [5.74, 6) is 0.763. The third-order valence-corrected chi connectivity index (χ3v) is 5.56. The van der Waals surface area contributed by atoms with Crippen molar-refractivity contribution in [2.24, 2.45) is 0 Å². The van der Waals surface area contributed by atoms with E-state index in [-0.39, 0.29) is 17.6 Å². The van der Waals surface area contributed by atoms with Crippen LogP contribution in [0.25, 0.3) is 11.4 Å². The number of hydrogen-bond donors (Lipinski definition) is 1. The molecule has 0 aliphatic carbocycles. The van der Waals surface area contributed by atoms with E-state index in [0.717, 1.165) is 30.6 Å². The number of carbonyl (C=O) groups excluding carboxylic acids is 1. The molecule has 1 amide bonds. The number of piperidine rings is 1. The molecule has 1 atom stereocenters. The molecular formula is C23H25FN4O2. The molecule has 0 radical (unpaired) electrons. The lowest BCUT2D eigenvalue weighted by molar-refractivity contribution is -0.117. The highest BCUT2D eigenvalue weighted by Gasteiger charge is 2.27. The van der Waals surface area contributed by atoms with Gasteiger partial charge in [0.05, 0.1) is 12.5 Å². The number of halogens is 1. The van der Waals surface area contributed by atoms with Gasteiger partial charge in [-0.2, -0.15) is 4.98 Å². The Morgan fingerprint density at radius 3 is 2.77 bits per heavy atom. The summed E-state index contributed by atoms with van der Waals surface area (Å²) in [6.07, 6.45) is 1.89. The Balaban J connectivity index is 1.36. The summed E-state index contributed by atoms with van der Waals surface area (Å²) in [4.78, 5) is 19.1. The summed E-state index contributed by atoms with van der Waals surface area (Å²) in [7, 11) is 0. The van der Waals surface area contributed by atoms with Crippen LogP contribution in [-0.2, 0) is 4.79 Å². The summed E-state index contributed by atoms with van der Waals surface area (Å²) in [5, 5.41) is 7.02. The fraction of sp³-hybridized carbons (Fsp3) is 0.348. The van der Waals surface area contributed by atoms with Crippen LogP contribution in [0.4, 0.5) is 10.1 Å². The minimum Gasteiger partial charge on any atom is -0.339 e.